The van der Waals surface area contributed by atoms with Crippen LogP contribution in [0.15, 0.2) is 48.5 Å². The second kappa shape index (κ2) is 4.59. The normalized spacial score (nSPS) is 21.2. The van der Waals surface area contributed by atoms with Crippen LogP contribution in [0.25, 0.3) is 11.1 Å². The Balaban J connectivity index is 2.09. The minimum absolute atomic E-state index is 0.426. The monoisotopic (exact) mass is 255 g/mol. The Morgan fingerprint density at radius 2 is 1.89 bits per heavy atom. The number of ether oxygens (including phenoxy) is 2. The van der Waals surface area contributed by atoms with E-state index in [1.54, 1.807) is 0 Å². The Morgan fingerprint density at radius 1 is 1.11 bits per heavy atom. The molecule has 3 heteroatoms. The Bertz CT molecular complexity index is 583. The second-order valence-corrected chi connectivity index (χ2v) is 5.04. The molecule has 0 unspecified atom stereocenters. The largest absolute Gasteiger partial charge is 0.485 e. The van der Waals surface area contributed by atoms with Gasteiger partial charge in [0.2, 0.25) is 0 Å². The Hall–Kier alpha value is -2.00. The van der Waals surface area contributed by atoms with Crippen molar-refractivity contribution in [3.8, 4) is 22.6 Å². The smallest absolute Gasteiger partial charge is 0.170 e. The highest BCUT2D eigenvalue weighted by atomic mass is 16.6. The topological polar surface area (TPSA) is 44.5 Å². The SMILES string of the molecule is C[C@]1(CN)COc2cccc(-c3ccccc3)c2O1. The third-order valence-corrected chi connectivity index (χ3v) is 3.38. The predicted octanol–water partition coefficient (Wildman–Crippen LogP) is 2.84. The van der Waals surface area contributed by atoms with E-state index in [-0.39, 0.29) is 0 Å². The summed E-state index contributed by atoms with van der Waals surface area (Å²) in [5.74, 6) is 1.57. The van der Waals surface area contributed by atoms with Crippen molar-refractivity contribution < 1.29 is 9.47 Å². The molecular formula is C16H17NO2. The molecule has 3 nitrogen and oxygen atoms in total. The summed E-state index contributed by atoms with van der Waals surface area (Å²) in [5, 5.41) is 0. The molecule has 0 radical (unpaired) electrons. The highest BCUT2D eigenvalue weighted by Crippen LogP contribution is 2.42. The van der Waals surface area contributed by atoms with Gasteiger partial charge in [0.1, 0.15) is 6.61 Å². The van der Waals surface area contributed by atoms with Crippen LogP contribution in [0.2, 0.25) is 0 Å². The molecule has 0 spiro atoms. The van der Waals surface area contributed by atoms with Crippen LogP contribution in [0.4, 0.5) is 0 Å². The number of nitrogens with two attached hydrogens (primary N) is 1. The number of para-hydroxylation sites is 1. The maximum absolute atomic E-state index is 6.10. The van der Waals surface area contributed by atoms with Gasteiger partial charge in [-0.3, -0.25) is 0 Å². The zero-order valence-electron chi connectivity index (χ0n) is 10.9. The van der Waals surface area contributed by atoms with Gasteiger partial charge < -0.3 is 15.2 Å². The van der Waals surface area contributed by atoms with Gasteiger partial charge in [0.25, 0.3) is 0 Å². The molecule has 1 aliphatic rings. The zero-order chi connectivity index (χ0) is 13.3. The fraction of sp³-hybridized carbons (Fsp3) is 0.250. The molecule has 0 bridgehead atoms. The fourth-order valence-electron chi connectivity index (χ4n) is 2.19. The molecule has 0 amide bonds. The summed E-state index contributed by atoms with van der Waals surface area (Å²) in [7, 11) is 0. The lowest BCUT2D eigenvalue weighted by molar-refractivity contribution is 0.0141. The molecule has 0 aliphatic carbocycles. The van der Waals surface area contributed by atoms with Crippen molar-refractivity contribution in [3.05, 3.63) is 48.5 Å². The van der Waals surface area contributed by atoms with Crippen molar-refractivity contribution in [1.29, 1.82) is 0 Å². The van der Waals surface area contributed by atoms with Gasteiger partial charge in [-0.05, 0) is 18.6 Å². The van der Waals surface area contributed by atoms with Crippen molar-refractivity contribution in [2.75, 3.05) is 13.2 Å². The lowest BCUT2D eigenvalue weighted by atomic mass is 10.0. The molecule has 1 atom stereocenters. The Morgan fingerprint density at radius 3 is 2.63 bits per heavy atom. The third-order valence-electron chi connectivity index (χ3n) is 3.38. The van der Waals surface area contributed by atoms with Crippen LogP contribution in [0.5, 0.6) is 11.5 Å². The van der Waals surface area contributed by atoms with E-state index in [0.29, 0.717) is 13.2 Å². The van der Waals surface area contributed by atoms with Crippen LogP contribution in [-0.4, -0.2) is 18.8 Å². The van der Waals surface area contributed by atoms with Crippen LogP contribution < -0.4 is 15.2 Å². The number of benzene rings is 2. The van der Waals surface area contributed by atoms with Gasteiger partial charge in [-0.2, -0.15) is 0 Å². The molecule has 0 saturated heterocycles. The number of fused-ring (bicyclic) bond motifs is 1. The van der Waals surface area contributed by atoms with Crippen molar-refractivity contribution in [2.45, 2.75) is 12.5 Å². The fourth-order valence-corrected chi connectivity index (χ4v) is 2.19. The van der Waals surface area contributed by atoms with Crippen molar-refractivity contribution in [2.24, 2.45) is 5.73 Å². The molecule has 0 fully saturated rings. The first-order chi connectivity index (χ1) is 9.22. The van der Waals surface area contributed by atoms with Crippen LogP contribution in [0.3, 0.4) is 0 Å². The molecule has 19 heavy (non-hydrogen) atoms. The van der Waals surface area contributed by atoms with Crippen molar-refractivity contribution in [1.82, 2.24) is 0 Å². The Kier molecular flexibility index (Phi) is 2.91. The molecule has 3 rings (SSSR count). The molecule has 1 heterocycles. The minimum Gasteiger partial charge on any atom is -0.485 e. The molecule has 0 saturated carbocycles. The van der Waals surface area contributed by atoms with Crippen LogP contribution >= 0.6 is 0 Å². The maximum Gasteiger partial charge on any atom is 0.170 e. The van der Waals surface area contributed by atoms with Crippen molar-refractivity contribution >= 4 is 0 Å². The molecule has 2 N–H and O–H groups in total. The summed E-state index contributed by atoms with van der Waals surface area (Å²) < 4.78 is 11.9. The number of hydrogen-bond acceptors (Lipinski definition) is 3. The van der Waals surface area contributed by atoms with E-state index in [1.165, 1.54) is 0 Å². The zero-order valence-corrected chi connectivity index (χ0v) is 10.9. The molecule has 1 aliphatic heterocycles. The first kappa shape index (κ1) is 12.1. The van der Waals surface area contributed by atoms with Crippen molar-refractivity contribution in [3.63, 3.8) is 0 Å². The van der Waals surface area contributed by atoms with Gasteiger partial charge in [-0.15, -0.1) is 0 Å². The molecule has 2 aromatic carbocycles. The lowest BCUT2D eigenvalue weighted by Gasteiger charge is -2.35. The van der Waals surface area contributed by atoms with Crippen LogP contribution in [0.1, 0.15) is 6.92 Å². The van der Waals surface area contributed by atoms with Crippen LogP contribution in [-0.2, 0) is 0 Å². The second-order valence-electron chi connectivity index (χ2n) is 5.04. The van der Waals surface area contributed by atoms with Gasteiger partial charge in [-0.25, -0.2) is 0 Å². The van der Waals surface area contributed by atoms with E-state index >= 15 is 0 Å². The average Bonchev–Trinajstić information content (AvgIpc) is 2.47. The van der Waals surface area contributed by atoms with E-state index in [0.717, 1.165) is 22.6 Å². The summed E-state index contributed by atoms with van der Waals surface area (Å²) in [5.41, 5.74) is 7.47. The van der Waals surface area contributed by atoms with E-state index < -0.39 is 5.60 Å². The number of rotatable bonds is 2. The minimum atomic E-state index is -0.460. The molecule has 98 valence electrons. The van der Waals surface area contributed by atoms with Gasteiger partial charge in [-0.1, -0.05) is 42.5 Å². The maximum atomic E-state index is 6.10. The van der Waals surface area contributed by atoms with E-state index in [1.807, 2.05) is 43.3 Å². The first-order valence-corrected chi connectivity index (χ1v) is 6.42. The summed E-state index contributed by atoms with van der Waals surface area (Å²) in [6.07, 6.45) is 0. The quantitative estimate of drug-likeness (QED) is 0.897. The molecule has 2 aromatic rings. The highest BCUT2D eigenvalue weighted by Gasteiger charge is 2.33. The average molecular weight is 255 g/mol. The van der Waals surface area contributed by atoms with Gasteiger partial charge >= 0.3 is 0 Å². The van der Waals surface area contributed by atoms with Crippen LogP contribution in [0, 0.1) is 0 Å². The predicted molar refractivity (Wildman–Crippen MR) is 75.5 cm³/mol. The molecular weight excluding hydrogens is 238 g/mol. The number of hydrogen-bond donors (Lipinski definition) is 1. The standard InChI is InChI=1S/C16H17NO2/c1-16(10-17)11-18-14-9-5-8-13(15(14)19-16)12-6-3-2-4-7-12/h2-9H,10-11,17H2,1H3/t16-/m0/s1. The summed E-state index contributed by atoms with van der Waals surface area (Å²) in [6.45, 7) is 2.88. The summed E-state index contributed by atoms with van der Waals surface area (Å²) >= 11 is 0. The molecule has 0 aromatic heterocycles. The lowest BCUT2D eigenvalue weighted by Crippen LogP contribution is -2.48. The van der Waals surface area contributed by atoms with Gasteiger partial charge in [0.05, 0.1) is 0 Å². The summed E-state index contributed by atoms with van der Waals surface area (Å²) in [6, 6.07) is 16.1. The van der Waals surface area contributed by atoms with E-state index in [9.17, 15) is 0 Å². The highest BCUT2D eigenvalue weighted by molar-refractivity contribution is 5.74. The first-order valence-electron chi connectivity index (χ1n) is 6.42. The van der Waals surface area contributed by atoms with Gasteiger partial charge in [0.15, 0.2) is 17.1 Å². The Labute approximate surface area is 113 Å². The summed E-state index contributed by atoms with van der Waals surface area (Å²) in [4.78, 5) is 0. The van der Waals surface area contributed by atoms with E-state index in [2.05, 4.69) is 12.1 Å². The van der Waals surface area contributed by atoms with Gasteiger partial charge in [0, 0.05) is 12.1 Å². The third kappa shape index (κ3) is 2.17. The van der Waals surface area contributed by atoms with E-state index in [4.69, 9.17) is 15.2 Å².